The van der Waals surface area contributed by atoms with Gasteiger partial charge in [0, 0.05) is 16.8 Å². The molecular weight excluding hydrogens is 282 g/mol. The van der Waals surface area contributed by atoms with Crippen LogP contribution in [0, 0.1) is 0 Å². The summed E-state index contributed by atoms with van der Waals surface area (Å²) in [6, 6.07) is 4.83. The topological polar surface area (TPSA) is 75.6 Å². The van der Waals surface area contributed by atoms with Crippen molar-refractivity contribution in [1.29, 1.82) is 0 Å². The number of carboxylic acids is 1. The lowest BCUT2D eigenvalue weighted by molar-refractivity contribution is -0.133. The number of rotatable bonds is 5. The van der Waals surface area contributed by atoms with Crippen LogP contribution in [0.1, 0.15) is 20.8 Å². The van der Waals surface area contributed by atoms with E-state index in [1.807, 2.05) is 6.92 Å². The van der Waals surface area contributed by atoms with Crippen LogP contribution in [0.25, 0.3) is 0 Å². The number of aliphatic carboxylic acids is 1. The first-order valence-electron chi connectivity index (χ1n) is 6.01. The zero-order chi connectivity index (χ0) is 15.3. The van der Waals surface area contributed by atoms with E-state index in [-0.39, 0.29) is 11.1 Å². The number of halogens is 1. The molecule has 0 saturated heterocycles. The highest BCUT2D eigenvalue weighted by Crippen LogP contribution is 2.27. The third-order valence-corrected chi connectivity index (χ3v) is 3.01. The van der Waals surface area contributed by atoms with Gasteiger partial charge in [-0.1, -0.05) is 11.6 Å². The molecule has 0 unspecified atom stereocenters. The molecule has 0 fully saturated rings. The molecule has 2 N–H and O–H groups in total. The average Bonchev–Trinajstić information content (AvgIpc) is 2.40. The molecule has 0 atom stereocenters. The summed E-state index contributed by atoms with van der Waals surface area (Å²) in [6.07, 6.45) is 0. The van der Waals surface area contributed by atoms with Gasteiger partial charge in [-0.2, -0.15) is 0 Å². The predicted octanol–water partition coefficient (Wildman–Crippen LogP) is 3.10. The molecule has 6 heteroatoms. The summed E-state index contributed by atoms with van der Waals surface area (Å²) in [5.41, 5.74) is 0.614. The summed E-state index contributed by atoms with van der Waals surface area (Å²) in [4.78, 5) is 22.7. The minimum Gasteiger partial charge on any atom is -0.492 e. The maximum atomic E-state index is 11.9. The van der Waals surface area contributed by atoms with Crippen LogP contribution in [0.3, 0.4) is 0 Å². The van der Waals surface area contributed by atoms with Gasteiger partial charge in [0.25, 0.3) is 5.91 Å². The van der Waals surface area contributed by atoms with Gasteiger partial charge in [-0.3, -0.25) is 4.79 Å². The van der Waals surface area contributed by atoms with Crippen molar-refractivity contribution < 1.29 is 19.4 Å². The molecule has 0 radical (unpaired) electrons. The molecule has 1 amide bonds. The van der Waals surface area contributed by atoms with Crippen LogP contribution < -0.4 is 10.1 Å². The van der Waals surface area contributed by atoms with Crippen molar-refractivity contribution in [2.75, 3.05) is 11.9 Å². The number of carbonyl (C=O) groups is 2. The number of benzene rings is 1. The van der Waals surface area contributed by atoms with Crippen LogP contribution in [0.4, 0.5) is 5.69 Å². The number of hydrogen-bond acceptors (Lipinski definition) is 3. The standard InChI is InChI=1S/C14H16ClNO4/c1-4-20-12-6-5-10(7-11(12)15)16-13(17)8(2)9(3)14(18)19/h5-7H,4H2,1-3H3,(H,16,17)(H,18,19). The molecule has 0 aromatic heterocycles. The zero-order valence-corrected chi connectivity index (χ0v) is 12.2. The SMILES string of the molecule is CCOc1ccc(NC(=O)C(C)=C(C)C(=O)O)cc1Cl. The molecule has 0 saturated carbocycles. The van der Waals surface area contributed by atoms with Gasteiger partial charge in [0.15, 0.2) is 0 Å². The normalized spacial score (nSPS) is 11.6. The molecule has 0 bridgehead atoms. The van der Waals surface area contributed by atoms with E-state index in [4.69, 9.17) is 21.4 Å². The number of hydrogen-bond donors (Lipinski definition) is 2. The van der Waals surface area contributed by atoms with E-state index in [0.717, 1.165) is 0 Å². The predicted molar refractivity (Wildman–Crippen MR) is 77.3 cm³/mol. The monoisotopic (exact) mass is 297 g/mol. The molecule has 0 spiro atoms. The Bertz CT molecular complexity index is 566. The van der Waals surface area contributed by atoms with E-state index in [2.05, 4.69) is 5.32 Å². The molecule has 5 nitrogen and oxygen atoms in total. The largest absolute Gasteiger partial charge is 0.492 e. The van der Waals surface area contributed by atoms with E-state index in [0.29, 0.717) is 23.1 Å². The number of carboxylic acid groups (broad SMARTS) is 1. The minimum absolute atomic E-state index is 0.000432. The summed E-state index contributed by atoms with van der Waals surface area (Å²) < 4.78 is 5.28. The molecule has 1 aromatic carbocycles. The lowest BCUT2D eigenvalue weighted by atomic mass is 10.1. The smallest absolute Gasteiger partial charge is 0.331 e. The summed E-state index contributed by atoms with van der Waals surface area (Å²) in [5, 5.41) is 11.8. The zero-order valence-electron chi connectivity index (χ0n) is 11.5. The van der Waals surface area contributed by atoms with Crippen molar-refractivity contribution in [3.63, 3.8) is 0 Å². The quantitative estimate of drug-likeness (QED) is 0.819. The highest BCUT2D eigenvalue weighted by atomic mass is 35.5. The molecule has 0 aliphatic heterocycles. The van der Waals surface area contributed by atoms with Crippen molar-refractivity contribution in [3.05, 3.63) is 34.4 Å². The summed E-state index contributed by atoms with van der Waals surface area (Å²) in [5.74, 6) is -1.08. The Kier molecular flexibility index (Phi) is 5.58. The van der Waals surface area contributed by atoms with Gasteiger partial charge in [-0.05, 0) is 39.0 Å². The molecule has 0 aliphatic rings. The Balaban J connectivity index is 2.89. The molecule has 0 heterocycles. The van der Waals surface area contributed by atoms with Crippen LogP contribution in [0.15, 0.2) is 29.3 Å². The second-order valence-electron chi connectivity index (χ2n) is 4.09. The maximum Gasteiger partial charge on any atom is 0.331 e. The average molecular weight is 298 g/mol. The molecule has 108 valence electrons. The molecular formula is C14H16ClNO4. The lowest BCUT2D eigenvalue weighted by Crippen LogP contribution is -2.16. The minimum atomic E-state index is -1.12. The van der Waals surface area contributed by atoms with E-state index < -0.39 is 11.9 Å². The third-order valence-electron chi connectivity index (χ3n) is 2.71. The Morgan fingerprint density at radius 3 is 2.45 bits per heavy atom. The summed E-state index contributed by atoms with van der Waals surface area (Å²) in [6.45, 7) is 5.16. The second kappa shape index (κ2) is 6.96. The van der Waals surface area contributed by atoms with E-state index in [1.54, 1.807) is 18.2 Å². The van der Waals surface area contributed by atoms with Crippen LogP contribution in [0.2, 0.25) is 5.02 Å². The first-order valence-corrected chi connectivity index (χ1v) is 6.39. The van der Waals surface area contributed by atoms with Crippen molar-refractivity contribution in [2.24, 2.45) is 0 Å². The van der Waals surface area contributed by atoms with Crippen LogP contribution in [-0.2, 0) is 9.59 Å². The van der Waals surface area contributed by atoms with Gasteiger partial charge in [0.1, 0.15) is 5.75 Å². The second-order valence-corrected chi connectivity index (χ2v) is 4.49. The molecule has 20 heavy (non-hydrogen) atoms. The molecule has 1 rings (SSSR count). The van der Waals surface area contributed by atoms with Gasteiger partial charge >= 0.3 is 5.97 Å². The highest BCUT2D eigenvalue weighted by Gasteiger charge is 2.13. The molecule has 0 aliphatic carbocycles. The maximum absolute atomic E-state index is 11.9. The summed E-state index contributed by atoms with van der Waals surface area (Å²) in [7, 11) is 0. The van der Waals surface area contributed by atoms with E-state index in [9.17, 15) is 9.59 Å². The fourth-order valence-electron chi connectivity index (χ4n) is 1.41. The lowest BCUT2D eigenvalue weighted by Gasteiger charge is -2.10. The van der Waals surface area contributed by atoms with E-state index in [1.165, 1.54) is 13.8 Å². The highest BCUT2D eigenvalue weighted by molar-refractivity contribution is 6.32. The van der Waals surface area contributed by atoms with Gasteiger partial charge in [0.2, 0.25) is 0 Å². The fourth-order valence-corrected chi connectivity index (χ4v) is 1.64. The number of ether oxygens (including phenoxy) is 1. The van der Waals surface area contributed by atoms with Gasteiger partial charge < -0.3 is 15.2 Å². The Labute approximate surface area is 122 Å². The van der Waals surface area contributed by atoms with Crippen molar-refractivity contribution in [3.8, 4) is 5.75 Å². The van der Waals surface area contributed by atoms with Crippen molar-refractivity contribution >= 4 is 29.2 Å². The molecule has 1 aromatic rings. The first-order chi connectivity index (χ1) is 9.36. The fraction of sp³-hybridized carbons (Fsp3) is 0.286. The number of anilines is 1. The number of amides is 1. The first kappa shape index (κ1) is 16.0. The summed E-state index contributed by atoms with van der Waals surface area (Å²) >= 11 is 6.00. The Morgan fingerprint density at radius 2 is 1.95 bits per heavy atom. The Hall–Kier alpha value is -2.01. The van der Waals surface area contributed by atoms with Crippen LogP contribution >= 0.6 is 11.6 Å². The number of carbonyl (C=O) groups excluding carboxylic acids is 1. The van der Waals surface area contributed by atoms with Crippen molar-refractivity contribution in [2.45, 2.75) is 20.8 Å². The van der Waals surface area contributed by atoms with E-state index >= 15 is 0 Å². The van der Waals surface area contributed by atoms with Gasteiger partial charge in [-0.25, -0.2) is 4.79 Å². The van der Waals surface area contributed by atoms with Crippen LogP contribution in [-0.4, -0.2) is 23.6 Å². The van der Waals surface area contributed by atoms with Crippen LogP contribution in [0.5, 0.6) is 5.75 Å². The van der Waals surface area contributed by atoms with Gasteiger partial charge in [-0.15, -0.1) is 0 Å². The Morgan fingerprint density at radius 1 is 1.30 bits per heavy atom. The number of nitrogens with one attached hydrogen (secondary N) is 1. The van der Waals surface area contributed by atoms with Crippen molar-refractivity contribution in [1.82, 2.24) is 0 Å². The van der Waals surface area contributed by atoms with Gasteiger partial charge in [0.05, 0.1) is 11.6 Å². The third kappa shape index (κ3) is 3.99.